The third-order valence-electron chi connectivity index (χ3n) is 2.64. The highest BCUT2D eigenvalue weighted by molar-refractivity contribution is 7.13. The first-order valence-electron chi connectivity index (χ1n) is 5.76. The van der Waals surface area contributed by atoms with Crippen molar-refractivity contribution in [3.8, 4) is 10.6 Å². The van der Waals surface area contributed by atoms with Gasteiger partial charge in [-0.05, 0) is 25.6 Å². The fraction of sp³-hybridized carbons (Fsp3) is 0.308. The minimum absolute atomic E-state index is 0.266. The fourth-order valence-electron chi connectivity index (χ4n) is 1.66. The summed E-state index contributed by atoms with van der Waals surface area (Å²) in [5, 5.41) is 7.51. The Balaban J connectivity index is 2.26. The molecule has 1 N–H and O–H groups in total. The highest BCUT2D eigenvalue weighted by atomic mass is 35.5. The lowest BCUT2D eigenvalue weighted by atomic mass is 10.2. The zero-order valence-corrected chi connectivity index (χ0v) is 12.5. The molecule has 0 aliphatic carbocycles. The van der Waals surface area contributed by atoms with Gasteiger partial charge >= 0.3 is 0 Å². The molecule has 0 saturated carbocycles. The Morgan fingerprint density at radius 3 is 2.78 bits per heavy atom. The van der Waals surface area contributed by atoms with E-state index in [1.165, 1.54) is 0 Å². The molecule has 96 valence electrons. The maximum absolute atomic E-state index is 6.02. The summed E-state index contributed by atoms with van der Waals surface area (Å²) in [6.45, 7) is 5.13. The second-order valence-corrected chi connectivity index (χ2v) is 5.66. The van der Waals surface area contributed by atoms with Crippen LogP contribution in [0, 0.1) is 0 Å². The van der Waals surface area contributed by atoms with Gasteiger partial charge in [0, 0.05) is 17.0 Å². The van der Waals surface area contributed by atoms with Gasteiger partial charge in [-0.15, -0.1) is 11.3 Å². The Bertz CT molecular complexity index is 540. The van der Waals surface area contributed by atoms with Crippen LogP contribution in [-0.4, -0.2) is 11.5 Å². The number of hydrogen-bond acceptors (Lipinski definition) is 3. The Morgan fingerprint density at radius 1 is 1.33 bits per heavy atom. The molecule has 5 heteroatoms. The number of rotatable bonds is 4. The highest BCUT2D eigenvalue weighted by Crippen LogP contribution is 2.31. The summed E-state index contributed by atoms with van der Waals surface area (Å²) < 4.78 is 0. The van der Waals surface area contributed by atoms with Gasteiger partial charge in [-0.2, -0.15) is 0 Å². The standard InChI is InChI=1S/C13H14Cl2N2S/c1-3-16-8(2)12-7-18-13(17-12)9-4-5-10(14)11(15)6-9/h4-8,16H,3H2,1-2H3. The number of nitrogens with one attached hydrogen (secondary N) is 1. The van der Waals surface area contributed by atoms with Gasteiger partial charge in [0.1, 0.15) is 5.01 Å². The van der Waals surface area contributed by atoms with Crippen molar-refractivity contribution in [1.82, 2.24) is 10.3 Å². The molecule has 0 aliphatic rings. The Kier molecular flexibility index (Phi) is 4.62. The predicted octanol–water partition coefficient (Wildman–Crippen LogP) is 4.79. The molecule has 0 bridgehead atoms. The van der Waals surface area contributed by atoms with E-state index in [4.69, 9.17) is 23.2 Å². The molecular formula is C13H14Cl2N2S. The smallest absolute Gasteiger partial charge is 0.123 e. The highest BCUT2D eigenvalue weighted by Gasteiger charge is 2.11. The third-order valence-corrected chi connectivity index (χ3v) is 4.29. The van der Waals surface area contributed by atoms with E-state index in [0.717, 1.165) is 22.8 Å². The molecule has 18 heavy (non-hydrogen) atoms. The lowest BCUT2D eigenvalue weighted by Gasteiger charge is -2.08. The summed E-state index contributed by atoms with van der Waals surface area (Å²) in [6, 6.07) is 5.86. The van der Waals surface area contributed by atoms with E-state index in [0.29, 0.717) is 10.0 Å². The third kappa shape index (κ3) is 3.04. The van der Waals surface area contributed by atoms with Crippen LogP contribution < -0.4 is 5.32 Å². The number of nitrogens with zero attached hydrogens (tertiary/aromatic N) is 1. The first kappa shape index (κ1) is 13.8. The summed E-state index contributed by atoms with van der Waals surface area (Å²) in [5.41, 5.74) is 2.06. The maximum atomic E-state index is 6.02. The van der Waals surface area contributed by atoms with E-state index in [9.17, 15) is 0 Å². The van der Waals surface area contributed by atoms with Crippen LogP contribution in [0.4, 0.5) is 0 Å². The maximum Gasteiger partial charge on any atom is 0.123 e. The Labute approximate surface area is 121 Å². The molecule has 2 nitrogen and oxygen atoms in total. The van der Waals surface area contributed by atoms with Crippen LogP contribution in [0.15, 0.2) is 23.6 Å². The number of halogens is 2. The van der Waals surface area contributed by atoms with Gasteiger partial charge in [-0.1, -0.05) is 36.2 Å². The van der Waals surface area contributed by atoms with Crippen molar-refractivity contribution < 1.29 is 0 Å². The van der Waals surface area contributed by atoms with Crippen LogP contribution in [-0.2, 0) is 0 Å². The van der Waals surface area contributed by atoms with Crippen molar-refractivity contribution in [2.45, 2.75) is 19.9 Å². The van der Waals surface area contributed by atoms with Gasteiger partial charge in [0.25, 0.3) is 0 Å². The minimum atomic E-state index is 0.266. The second kappa shape index (κ2) is 6.02. The van der Waals surface area contributed by atoms with Crippen molar-refractivity contribution in [2.24, 2.45) is 0 Å². The quantitative estimate of drug-likeness (QED) is 0.878. The topological polar surface area (TPSA) is 24.9 Å². The SMILES string of the molecule is CCNC(C)c1csc(-c2ccc(Cl)c(Cl)c2)n1. The summed E-state index contributed by atoms with van der Waals surface area (Å²) in [7, 11) is 0. The summed E-state index contributed by atoms with van der Waals surface area (Å²) in [4.78, 5) is 4.62. The lowest BCUT2D eigenvalue weighted by molar-refractivity contribution is 0.587. The number of hydrogen-bond donors (Lipinski definition) is 1. The first-order chi connectivity index (χ1) is 8.61. The zero-order valence-electron chi connectivity index (χ0n) is 10.2. The molecule has 1 heterocycles. The van der Waals surface area contributed by atoms with Crippen LogP contribution in [0.5, 0.6) is 0 Å². The molecule has 0 amide bonds. The molecule has 0 aliphatic heterocycles. The zero-order chi connectivity index (χ0) is 13.1. The van der Waals surface area contributed by atoms with E-state index < -0.39 is 0 Å². The monoisotopic (exact) mass is 300 g/mol. The molecule has 1 unspecified atom stereocenters. The molecular weight excluding hydrogens is 287 g/mol. The first-order valence-corrected chi connectivity index (χ1v) is 7.39. The van der Waals surface area contributed by atoms with Crippen molar-refractivity contribution in [1.29, 1.82) is 0 Å². The fourth-order valence-corrected chi connectivity index (χ4v) is 2.87. The number of thiazole rings is 1. The second-order valence-electron chi connectivity index (χ2n) is 3.99. The van der Waals surface area contributed by atoms with Crippen LogP contribution >= 0.6 is 34.5 Å². The van der Waals surface area contributed by atoms with Gasteiger partial charge in [-0.25, -0.2) is 4.98 Å². The van der Waals surface area contributed by atoms with Crippen LogP contribution in [0.2, 0.25) is 10.0 Å². The van der Waals surface area contributed by atoms with E-state index in [2.05, 4.69) is 29.5 Å². The minimum Gasteiger partial charge on any atom is -0.309 e. The summed E-state index contributed by atoms with van der Waals surface area (Å²) in [6.07, 6.45) is 0. The predicted molar refractivity (Wildman–Crippen MR) is 79.7 cm³/mol. The van der Waals surface area contributed by atoms with Crippen LogP contribution in [0.3, 0.4) is 0 Å². The average molecular weight is 301 g/mol. The molecule has 0 radical (unpaired) electrons. The van der Waals surface area contributed by atoms with Crippen molar-refractivity contribution in [3.05, 3.63) is 39.3 Å². The average Bonchev–Trinajstić information content (AvgIpc) is 2.82. The van der Waals surface area contributed by atoms with Gasteiger partial charge in [0.2, 0.25) is 0 Å². The van der Waals surface area contributed by atoms with E-state index in [1.807, 2.05) is 12.1 Å². The lowest BCUT2D eigenvalue weighted by Crippen LogP contribution is -2.17. The van der Waals surface area contributed by atoms with Crippen molar-refractivity contribution >= 4 is 34.5 Å². The van der Waals surface area contributed by atoms with E-state index >= 15 is 0 Å². The Morgan fingerprint density at radius 2 is 2.11 bits per heavy atom. The van der Waals surface area contributed by atoms with Gasteiger partial charge in [-0.3, -0.25) is 0 Å². The molecule has 0 spiro atoms. The molecule has 0 saturated heterocycles. The largest absolute Gasteiger partial charge is 0.309 e. The van der Waals surface area contributed by atoms with Crippen LogP contribution in [0.25, 0.3) is 10.6 Å². The molecule has 1 aromatic heterocycles. The summed E-state index contributed by atoms with van der Waals surface area (Å²) in [5.74, 6) is 0. The van der Waals surface area contributed by atoms with E-state index in [1.54, 1.807) is 17.4 Å². The normalized spacial score (nSPS) is 12.7. The van der Waals surface area contributed by atoms with E-state index in [-0.39, 0.29) is 6.04 Å². The Hall–Kier alpha value is -0.610. The van der Waals surface area contributed by atoms with Gasteiger partial charge in [0.15, 0.2) is 0 Å². The van der Waals surface area contributed by atoms with Crippen molar-refractivity contribution in [2.75, 3.05) is 6.54 Å². The van der Waals surface area contributed by atoms with Crippen LogP contribution in [0.1, 0.15) is 25.6 Å². The number of aromatic nitrogens is 1. The molecule has 1 aromatic carbocycles. The molecule has 2 rings (SSSR count). The van der Waals surface area contributed by atoms with Gasteiger partial charge in [0.05, 0.1) is 15.7 Å². The molecule has 1 atom stereocenters. The van der Waals surface area contributed by atoms with Gasteiger partial charge < -0.3 is 5.32 Å². The molecule has 0 fully saturated rings. The molecule has 2 aromatic rings. The number of benzene rings is 1. The summed E-state index contributed by atoms with van der Waals surface area (Å²) >= 11 is 13.5. The van der Waals surface area contributed by atoms with Crippen molar-refractivity contribution in [3.63, 3.8) is 0 Å².